The Morgan fingerprint density at radius 3 is 2.56 bits per heavy atom. The Labute approximate surface area is 95.9 Å². The highest BCUT2D eigenvalue weighted by Crippen LogP contribution is 2.22. The molecular weight excluding hydrogens is 210 g/mol. The van der Waals surface area contributed by atoms with Gasteiger partial charge in [0.15, 0.2) is 6.10 Å². The Morgan fingerprint density at radius 2 is 2.06 bits per heavy atom. The number of esters is 1. The maximum absolute atomic E-state index is 11.4. The van der Waals surface area contributed by atoms with E-state index in [2.05, 4.69) is 0 Å². The Morgan fingerprint density at radius 1 is 1.50 bits per heavy atom. The smallest absolute Gasteiger partial charge is 0.335 e. The first-order valence-electron chi connectivity index (χ1n) is 5.77. The molecule has 1 aliphatic rings. The van der Waals surface area contributed by atoms with E-state index in [0.717, 1.165) is 0 Å². The zero-order valence-electron chi connectivity index (χ0n) is 9.89. The minimum absolute atomic E-state index is 0.0909. The lowest BCUT2D eigenvalue weighted by molar-refractivity contribution is -0.169. The molecule has 0 aromatic carbocycles. The average molecular weight is 231 g/mol. The van der Waals surface area contributed by atoms with Crippen molar-refractivity contribution in [3.05, 3.63) is 0 Å². The Hall–Kier alpha value is -0.650. The second kappa shape index (κ2) is 6.18. The first-order chi connectivity index (χ1) is 7.52. The van der Waals surface area contributed by atoms with Crippen molar-refractivity contribution in [3.63, 3.8) is 0 Å². The van der Waals surface area contributed by atoms with Gasteiger partial charge in [-0.15, -0.1) is 0 Å². The van der Waals surface area contributed by atoms with Crippen LogP contribution in [-0.2, 0) is 14.3 Å². The summed E-state index contributed by atoms with van der Waals surface area (Å²) in [5, 5.41) is 9.39. The van der Waals surface area contributed by atoms with Gasteiger partial charge in [0.05, 0.1) is 12.2 Å². The number of aliphatic hydroxyl groups is 1. The van der Waals surface area contributed by atoms with Crippen molar-refractivity contribution in [1.29, 1.82) is 0 Å². The van der Waals surface area contributed by atoms with Crippen molar-refractivity contribution in [2.45, 2.75) is 57.5 Å². The quantitative estimate of drug-likeness (QED) is 0.675. The number of carbonyl (C=O) groups is 1. The number of nitrogens with two attached hydrogens (primary N) is 1. The third-order valence-corrected chi connectivity index (χ3v) is 2.65. The molecule has 0 radical (unpaired) electrons. The predicted octanol–water partition coefficient (Wildman–Crippen LogP) is 0.195. The van der Waals surface area contributed by atoms with Gasteiger partial charge in [0.2, 0.25) is 0 Å². The number of ether oxygens (including phenoxy) is 2. The maximum Gasteiger partial charge on any atom is 0.335 e. The van der Waals surface area contributed by atoms with Crippen molar-refractivity contribution >= 4 is 5.97 Å². The summed E-state index contributed by atoms with van der Waals surface area (Å²) in [5.41, 5.74) is 5.26. The van der Waals surface area contributed by atoms with Crippen LogP contribution in [0, 0.1) is 0 Å². The Kier molecular flexibility index (Phi) is 5.18. The minimum Gasteiger partial charge on any atom is -0.460 e. The van der Waals surface area contributed by atoms with Crippen LogP contribution in [0.5, 0.6) is 0 Å². The molecule has 94 valence electrons. The van der Waals surface area contributed by atoms with E-state index < -0.39 is 12.1 Å². The summed E-state index contributed by atoms with van der Waals surface area (Å²) in [6, 6.07) is 0. The number of aliphatic hydroxyl groups excluding tert-OH is 1. The fourth-order valence-electron chi connectivity index (χ4n) is 1.96. The molecule has 5 heteroatoms. The monoisotopic (exact) mass is 231 g/mol. The molecule has 3 atom stereocenters. The molecule has 0 bridgehead atoms. The molecule has 2 unspecified atom stereocenters. The van der Waals surface area contributed by atoms with Crippen LogP contribution in [0.3, 0.4) is 0 Å². The Balaban J connectivity index is 2.38. The highest BCUT2D eigenvalue weighted by Gasteiger charge is 2.28. The van der Waals surface area contributed by atoms with Crippen molar-refractivity contribution < 1.29 is 19.4 Å². The fourth-order valence-corrected chi connectivity index (χ4v) is 1.96. The first-order valence-corrected chi connectivity index (χ1v) is 5.77. The summed E-state index contributed by atoms with van der Waals surface area (Å²) in [5.74, 6) is -0.572. The van der Waals surface area contributed by atoms with E-state index in [4.69, 9.17) is 15.2 Å². The van der Waals surface area contributed by atoms with Gasteiger partial charge in [0, 0.05) is 12.8 Å². The average Bonchev–Trinajstić information content (AvgIpc) is 2.16. The molecular formula is C11H21NO4. The molecule has 0 spiro atoms. The van der Waals surface area contributed by atoms with Gasteiger partial charge < -0.3 is 20.3 Å². The van der Waals surface area contributed by atoms with Crippen molar-refractivity contribution in [3.8, 4) is 0 Å². The SMILES string of the molecule is CC1CC(OC(=O)[C@@H](O)CCN)CC(C)O1. The van der Waals surface area contributed by atoms with Gasteiger partial charge in [-0.25, -0.2) is 4.79 Å². The number of rotatable bonds is 4. The number of hydrogen-bond acceptors (Lipinski definition) is 5. The molecule has 1 heterocycles. The molecule has 0 aliphatic carbocycles. The van der Waals surface area contributed by atoms with Gasteiger partial charge in [-0.3, -0.25) is 0 Å². The summed E-state index contributed by atoms with van der Waals surface area (Å²) >= 11 is 0. The van der Waals surface area contributed by atoms with E-state index in [1.54, 1.807) is 0 Å². The zero-order valence-corrected chi connectivity index (χ0v) is 9.89. The van der Waals surface area contributed by atoms with E-state index in [1.165, 1.54) is 0 Å². The first kappa shape index (κ1) is 13.4. The molecule has 3 N–H and O–H groups in total. The summed E-state index contributed by atoms with van der Waals surface area (Å²) < 4.78 is 10.8. The highest BCUT2D eigenvalue weighted by molar-refractivity contribution is 5.74. The zero-order chi connectivity index (χ0) is 12.1. The van der Waals surface area contributed by atoms with E-state index in [1.807, 2.05) is 13.8 Å². The molecule has 1 rings (SSSR count). The van der Waals surface area contributed by atoms with Gasteiger partial charge in [0.1, 0.15) is 6.10 Å². The summed E-state index contributed by atoms with van der Waals surface area (Å²) in [6.07, 6.45) is 0.544. The number of carbonyl (C=O) groups excluding carboxylic acids is 1. The maximum atomic E-state index is 11.4. The topological polar surface area (TPSA) is 81.8 Å². The molecule has 0 amide bonds. The molecule has 0 saturated carbocycles. The van der Waals surface area contributed by atoms with Crippen LogP contribution in [0.1, 0.15) is 33.1 Å². The standard InChI is InChI=1S/C11H21NO4/c1-7-5-9(6-8(2)15-7)16-11(14)10(13)3-4-12/h7-10,13H,3-6,12H2,1-2H3/t7?,8?,9?,10-/m0/s1. The van der Waals surface area contributed by atoms with Crippen LogP contribution in [0.15, 0.2) is 0 Å². The molecule has 16 heavy (non-hydrogen) atoms. The minimum atomic E-state index is -1.10. The second-order valence-corrected chi connectivity index (χ2v) is 4.38. The lowest BCUT2D eigenvalue weighted by Crippen LogP contribution is -2.38. The van der Waals surface area contributed by atoms with Crippen LogP contribution < -0.4 is 5.73 Å². The predicted molar refractivity (Wildman–Crippen MR) is 58.8 cm³/mol. The highest BCUT2D eigenvalue weighted by atomic mass is 16.6. The van der Waals surface area contributed by atoms with Crippen molar-refractivity contribution in [2.75, 3.05) is 6.54 Å². The number of hydrogen-bond donors (Lipinski definition) is 2. The van der Waals surface area contributed by atoms with Crippen molar-refractivity contribution in [1.82, 2.24) is 0 Å². The van der Waals surface area contributed by atoms with E-state index in [0.29, 0.717) is 12.8 Å². The molecule has 0 aromatic rings. The van der Waals surface area contributed by atoms with E-state index >= 15 is 0 Å². The van der Waals surface area contributed by atoms with E-state index in [9.17, 15) is 9.90 Å². The summed E-state index contributed by atoms with van der Waals surface area (Å²) in [6.45, 7) is 4.18. The molecule has 0 aromatic heterocycles. The van der Waals surface area contributed by atoms with Crippen LogP contribution >= 0.6 is 0 Å². The lowest BCUT2D eigenvalue weighted by atomic mass is 10.0. The fraction of sp³-hybridized carbons (Fsp3) is 0.909. The molecule has 5 nitrogen and oxygen atoms in total. The molecule has 1 fully saturated rings. The van der Waals surface area contributed by atoms with Crippen LogP contribution in [-0.4, -0.2) is 42.0 Å². The largest absolute Gasteiger partial charge is 0.460 e. The summed E-state index contributed by atoms with van der Waals surface area (Å²) in [4.78, 5) is 11.4. The Bertz CT molecular complexity index is 224. The van der Waals surface area contributed by atoms with Gasteiger partial charge in [-0.2, -0.15) is 0 Å². The van der Waals surface area contributed by atoms with Crippen LogP contribution in [0.4, 0.5) is 0 Å². The van der Waals surface area contributed by atoms with Crippen molar-refractivity contribution in [2.24, 2.45) is 5.73 Å². The molecule has 1 aliphatic heterocycles. The third kappa shape index (κ3) is 4.08. The van der Waals surface area contributed by atoms with Gasteiger partial charge in [0.25, 0.3) is 0 Å². The van der Waals surface area contributed by atoms with Gasteiger partial charge in [-0.05, 0) is 26.8 Å². The van der Waals surface area contributed by atoms with E-state index in [-0.39, 0.29) is 31.3 Å². The molecule has 1 saturated heterocycles. The third-order valence-electron chi connectivity index (χ3n) is 2.65. The summed E-state index contributed by atoms with van der Waals surface area (Å²) in [7, 11) is 0. The normalized spacial score (nSPS) is 32.1. The van der Waals surface area contributed by atoms with Crippen LogP contribution in [0.2, 0.25) is 0 Å². The lowest BCUT2D eigenvalue weighted by Gasteiger charge is -2.32. The van der Waals surface area contributed by atoms with Gasteiger partial charge in [-0.1, -0.05) is 0 Å². The van der Waals surface area contributed by atoms with Crippen LogP contribution in [0.25, 0.3) is 0 Å². The van der Waals surface area contributed by atoms with Gasteiger partial charge >= 0.3 is 5.97 Å². The second-order valence-electron chi connectivity index (χ2n) is 4.38.